The van der Waals surface area contributed by atoms with E-state index >= 15 is 0 Å². The minimum Gasteiger partial charge on any atom is -0.462 e. The second-order valence-electron chi connectivity index (χ2n) is 14.0. The molecule has 3 fully saturated rings. The molecule has 5 aromatic rings. The molecular formula is C38H45N9O5. The molecule has 0 radical (unpaired) electrons. The number of amides is 1. The number of benzene rings is 2. The number of rotatable bonds is 8. The summed E-state index contributed by atoms with van der Waals surface area (Å²) in [6.45, 7) is 7.96. The second-order valence-corrected chi connectivity index (χ2v) is 14.0. The largest absolute Gasteiger partial charge is 0.462 e. The Morgan fingerprint density at radius 1 is 0.923 bits per heavy atom. The van der Waals surface area contributed by atoms with Crippen molar-refractivity contribution in [2.45, 2.75) is 64.8 Å². The number of likely N-dealkylation sites (tertiary alicyclic amines) is 1. The number of piperazine rings is 1. The summed E-state index contributed by atoms with van der Waals surface area (Å²) in [6.07, 6.45) is 6.45. The molecule has 0 N–H and O–H groups in total. The molecule has 52 heavy (non-hydrogen) atoms. The molecule has 0 aliphatic carbocycles. The molecule has 0 saturated carbocycles. The van der Waals surface area contributed by atoms with Gasteiger partial charge in [-0.05, 0) is 76.7 Å². The van der Waals surface area contributed by atoms with Crippen molar-refractivity contribution in [3.8, 4) is 11.7 Å². The number of ether oxygens (including phenoxy) is 3. The Morgan fingerprint density at radius 2 is 1.75 bits per heavy atom. The van der Waals surface area contributed by atoms with Crippen LogP contribution in [0.25, 0.3) is 27.6 Å². The number of hydrogen-bond donors (Lipinski definition) is 0. The summed E-state index contributed by atoms with van der Waals surface area (Å²) in [6, 6.07) is 14.1. The standard InChI is InChI=1S/C38H45N9O5/c1-25-14-15-30-29(22-39-47(30)31-13-7-8-21-50-31)34(25)46-26(2)40-32-33(36(46)48)41-37(51-24-28-12-9-16-43(28)3)42-35(32)44-17-19-45(20-18-44)38(49)52-23-27-10-5-4-6-11-27/h4-6,10-11,14-15,22,28,31H,7-9,12-13,16-21,23-24H2,1-3H3/t28-,31?/m0/s1. The maximum absolute atomic E-state index is 14.7. The molecule has 3 aliphatic rings. The number of aryl methyl sites for hydroxylation is 2. The highest BCUT2D eigenvalue weighted by atomic mass is 16.6. The molecule has 272 valence electrons. The Kier molecular flexibility index (Phi) is 9.49. The lowest BCUT2D eigenvalue weighted by Gasteiger charge is -2.35. The van der Waals surface area contributed by atoms with Gasteiger partial charge < -0.3 is 28.9 Å². The summed E-state index contributed by atoms with van der Waals surface area (Å²) in [7, 11) is 2.09. The van der Waals surface area contributed by atoms with Crippen molar-refractivity contribution >= 4 is 33.8 Å². The zero-order valence-corrected chi connectivity index (χ0v) is 30.0. The van der Waals surface area contributed by atoms with E-state index in [-0.39, 0.29) is 42.1 Å². The second kappa shape index (κ2) is 14.5. The lowest BCUT2D eigenvalue weighted by molar-refractivity contribution is -0.0366. The zero-order chi connectivity index (χ0) is 35.8. The molecule has 14 heteroatoms. The van der Waals surface area contributed by atoms with Crippen molar-refractivity contribution in [1.29, 1.82) is 0 Å². The van der Waals surface area contributed by atoms with Gasteiger partial charge in [0.25, 0.3) is 5.56 Å². The van der Waals surface area contributed by atoms with Gasteiger partial charge in [-0.1, -0.05) is 36.4 Å². The predicted molar refractivity (Wildman–Crippen MR) is 196 cm³/mol. The van der Waals surface area contributed by atoms with Crippen LogP contribution in [0.1, 0.15) is 55.3 Å². The van der Waals surface area contributed by atoms with E-state index in [1.165, 1.54) is 0 Å². The van der Waals surface area contributed by atoms with Crippen LogP contribution in [0.15, 0.2) is 53.5 Å². The Labute approximate surface area is 301 Å². The fourth-order valence-electron chi connectivity index (χ4n) is 7.62. The Balaban J connectivity index is 1.14. The lowest BCUT2D eigenvalue weighted by atomic mass is 10.1. The quantitative estimate of drug-likeness (QED) is 0.221. The number of carbonyl (C=O) groups excluding carboxylic acids is 1. The van der Waals surface area contributed by atoms with Crippen molar-refractivity contribution in [3.05, 3.63) is 76.0 Å². The van der Waals surface area contributed by atoms with Crippen LogP contribution in [0.5, 0.6) is 6.01 Å². The summed E-state index contributed by atoms with van der Waals surface area (Å²) < 4.78 is 21.5. The van der Waals surface area contributed by atoms with Gasteiger partial charge in [-0.25, -0.2) is 14.5 Å². The predicted octanol–water partition coefficient (Wildman–Crippen LogP) is 4.77. The number of likely N-dealkylation sites (N-methyl/N-ethyl adjacent to an activating group) is 1. The van der Waals surface area contributed by atoms with Gasteiger partial charge in [0.1, 0.15) is 24.6 Å². The van der Waals surface area contributed by atoms with Gasteiger partial charge in [0.05, 0.1) is 17.4 Å². The monoisotopic (exact) mass is 707 g/mol. The van der Waals surface area contributed by atoms with Crippen molar-refractivity contribution in [2.24, 2.45) is 0 Å². The first-order valence-corrected chi connectivity index (χ1v) is 18.3. The molecule has 1 amide bonds. The van der Waals surface area contributed by atoms with E-state index in [1.807, 2.05) is 67.2 Å². The highest BCUT2D eigenvalue weighted by molar-refractivity contribution is 5.91. The van der Waals surface area contributed by atoms with Gasteiger partial charge in [-0.3, -0.25) is 9.36 Å². The molecule has 0 spiro atoms. The van der Waals surface area contributed by atoms with Gasteiger partial charge in [-0.2, -0.15) is 15.1 Å². The summed E-state index contributed by atoms with van der Waals surface area (Å²) in [4.78, 5) is 48.3. The van der Waals surface area contributed by atoms with E-state index in [0.717, 1.165) is 60.7 Å². The smallest absolute Gasteiger partial charge is 0.410 e. The molecule has 2 aromatic carbocycles. The molecule has 1 unspecified atom stereocenters. The first-order valence-electron chi connectivity index (χ1n) is 18.3. The molecule has 8 rings (SSSR count). The Bertz CT molecular complexity index is 2140. The van der Waals surface area contributed by atoms with E-state index in [0.29, 0.717) is 62.2 Å². The SMILES string of the molecule is Cc1ccc2c(cnn2C2CCCCO2)c1-n1c(C)nc2c(N3CCN(C(=O)OCc4ccccc4)CC3)nc(OC[C@@H]3CCCN3C)nc2c1=O. The lowest BCUT2D eigenvalue weighted by Crippen LogP contribution is -2.49. The van der Waals surface area contributed by atoms with E-state index in [2.05, 4.69) is 16.8 Å². The van der Waals surface area contributed by atoms with Crippen LogP contribution < -0.4 is 15.2 Å². The fraction of sp³-hybridized carbons (Fsp3) is 0.474. The molecule has 14 nitrogen and oxygen atoms in total. The molecule has 2 atom stereocenters. The van der Waals surface area contributed by atoms with Crippen LogP contribution in [0.2, 0.25) is 0 Å². The molecule has 3 saturated heterocycles. The van der Waals surface area contributed by atoms with Crippen LogP contribution >= 0.6 is 0 Å². The van der Waals surface area contributed by atoms with E-state index in [9.17, 15) is 9.59 Å². The van der Waals surface area contributed by atoms with Crippen molar-refractivity contribution in [3.63, 3.8) is 0 Å². The normalized spacial score (nSPS) is 19.8. The van der Waals surface area contributed by atoms with Gasteiger partial charge in [0.15, 0.2) is 17.6 Å². The average Bonchev–Trinajstić information content (AvgIpc) is 3.80. The highest BCUT2D eigenvalue weighted by Gasteiger charge is 2.29. The number of hydrogen-bond acceptors (Lipinski definition) is 11. The van der Waals surface area contributed by atoms with Crippen molar-refractivity contribution in [2.75, 3.05) is 57.9 Å². The van der Waals surface area contributed by atoms with Crippen LogP contribution in [0.3, 0.4) is 0 Å². The molecule has 6 heterocycles. The zero-order valence-electron chi connectivity index (χ0n) is 30.0. The van der Waals surface area contributed by atoms with Crippen LogP contribution in [0.4, 0.5) is 10.6 Å². The number of fused-ring (bicyclic) bond motifs is 2. The molecule has 0 bridgehead atoms. The molecule has 3 aromatic heterocycles. The topological polar surface area (TPSA) is 133 Å². The van der Waals surface area contributed by atoms with Gasteiger partial charge in [0.2, 0.25) is 0 Å². The van der Waals surface area contributed by atoms with Gasteiger partial charge >= 0.3 is 12.1 Å². The first kappa shape index (κ1) is 34.0. The minimum absolute atomic E-state index is 0.138. The maximum Gasteiger partial charge on any atom is 0.410 e. The number of nitrogens with zero attached hydrogens (tertiary/aromatic N) is 9. The average molecular weight is 708 g/mol. The van der Waals surface area contributed by atoms with Crippen LogP contribution in [-0.4, -0.2) is 104 Å². The summed E-state index contributed by atoms with van der Waals surface area (Å²) in [5.74, 6) is 1.02. The third-order valence-electron chi connectivity index (χ3n) is 10.6. The highest BCUT2D eigenvalue weighted by Crippen LogP contribution is 2.32. The molecule has 3 aliphatic heterocycles. The van der Waals surface area contributed by atoms with Gasteiger partial charge in [0, 0.05) is 44.2 Å². The van der Waals surface area contributed by atoms with Gasteiger partial charge in [-0.15, -0.1) is 0 Å². The van der Waals surface area contributed by atoms with E-state index < -0.39 is 0 Å². The first-order chi connectivity index (χ1) is 25.4. The summed E-state index contributed by atoms with van der Waals surface area (Å²) >= 11 is 0. The summed E-state index contributed by atoms with van der Waals surface area (Å²) in [5.41, 5.74) is 3.72. The van der Waals surface area contributed by atoms with Crippen molar-refractivity contribution < 1.29 is 19.0 Å². The number of carbonyl (C=O) groups is 1. The van der Waals surface area contributed by atoms with E-state index in [1.54, 1.807) is 9.47 Å². The van der Waals surface area contributed by atoms with Crippen molar-refractivity contribution in [1.82, 2.24) is 39.1 Å². The Morgan fingerprint density at radius 3 is 2.50 bits per heavy atom. The number of aromatic nitrogens is 6. The Hall–Kier alpha value is -5.08. The van der Waals surface area contributed by atoms with E-state index in [4.69, 9.17) is 34.3 Å². The third-order valence-corrected chi connectivity index (χ3v) is 10.6. The van der Waals surface area contributed by atoms with Crippen LogP contribution in [0, 0.1) is 13.8 Å². The molecular weight excluding hydrogens is 662 g/mol. The fourth-order valence-corrected chi connectivity index (χ4v) is 7.62. The minimum atomic E-state index is -0.361. The number of anilines is 1. The van der Waals surface area contributed by atoms with Crippen LogP contribution in [-0.2, 0) is 16.1 Å². The maximum atomic E-state index is 14.7. The summed E-state index contributed by atoms with van der Waals surface area (Å²) in [5, 5.41) is 5.57. The third kappa shape index (κ3) is 6.56.